The van der Waals surface area contributed by atoms with Crippen LogP contribution in [-0.4, -0.2) is 62.9 Å². The topological polar surface area (TPSA) is 127 Å². The Morgan fingerprint density at radius 2 is 1.64 bits per heavy atom. The first-order valence-corrected chi connectivity index (χ1v) is 6.72. The number of piperidine rings is 1. The normalized spacial score (nSPS) is 31.3. The van der Waals surface area contributed by atoms with Crippen LogP contribution in [0.1, 0.15) is 20.7 Å². The molecule has 0 aliphatic carbocycles. The summed E-state index contributed by atoms with van der Waals surface area (Å²) in [5.74, 6) is -3.64. The molecule has 3 rings (SSSR count). The van der Waals surface area contributed by atoms with E-state index in [4.69, 9.17) is 5.11 Å². The van der Waals surface area contributed by atoms with Gasteiger partial charge in [-0.05, 0) is 12.1 Å². The summed E-state index contributed by atoms with van der Waals surface area (Å²) in [7, 11) is 0. The fourth-order valence-electron chi connectivity index (χ4n) is 2.85. The van der Waals surface area contributed by atoms with Gasteiger partial charge >= 0.3 is 5.97 Å². The third kappa shape index (κ3) is 2.00. The molecule has 116 valence electrons. The zero-order valence-corrected chi connectivity index (χ0v) is 11.3. The molecule has 1 fully saturated rings. The summed E-state index contributed by atoms with van der Waals surface area (Å²) in [4.78, 5) is 36.5. The predicted molar refractivity (Wildman–Crippen MR) is 71.9 cm³/mol. The Kier molecular flexibility index (Phi) is 3.44. The van der Waals surface area contributed by atoms with Crippen LogP contribution in [0.3, 0.4) is 0 Å². The molecule has 0 aromatic heterocycles. The van der Waals surface area contributed by atoms with Gasteiger partial charge in [0.2, 0.25) is 0 Å². The van der Waals surface area contributed by atoms with Crippen LogP contribution in [0.2, 0.25) is 0 Å². The number of benzene rings is 1. The minimum absolute atomic E-state index is 0.161. The summed E-state index contributed by atoms with van der Waals surface area (Å²) >= 11 is 0. The van der Waals surface area contributed by atoms with Crippen LogP contribution >= 0.6 is 0 Å². The second-order valence-corrected chi connectivity index (χ2v) is 5.30. The summed E-state index contributed by atoms with van der Waals surface area (Å²) in [5, 5.41) is 31.6. The standard InChI is InChI=1S/C14H14N2O6/c17-9-8(14(21)22)5-15-11(10(9)18)16-12(19)6-3-1-2-4-7(6)13(16)20/h1-4,8-11,15,17-18H,5H2,(H,21,22)/t8-,9-,10-,11+/m0/s1. The van der Waals surface area contributed by atoms with Crippen molar-refractivity contribution >= 4 is 17.8 Å². The van der Waals surface area contributed by atoms with Crippen LogP contribution in [0.5, 0.6) is 0 Å². The molecular weight excluding hydrogens is 292 g/mol. The van der Waals surface area contributed by atoms with Crippen molar-refractivity contribution in [3.8, 4) is 0 Å². The highest BCUT2D eigenvalue weighted by Crippen LogP contribution is 2.28. The first-order valence-electron chi connectivity index (χ1n) is 6.72. The van der Waals surface area contributed by atoms with Crippen molar-refractivity contribution in [2.24, 2.45) is 5.92 Å². The monoisotopic (exact) mass is 306 g/mol. The van der Waals surface area contributed by atoms with Crippen LogP contribution in [-0.2, 0) is 4.79 Å². The molecule has 1 saturated heterocycles. The molecule has 8 nitrogen and oxygen atoms in total. The summed E-state index contributed by atoms with van der Waals surface area (Å²) in [5.41, 5.74) is 0.438. The second-order valence-electron chi connectivity index (χ2n) is 5.30. The summed E-state index contributed by atoms with van der Waals surface area (Å²) in [6.45, 7) is -0.161. The van der Waals surface area contributed by atoms with E-state index in [9.17, 15) is 24.6 Å². The summed E-state index contributed by atoms with van der Waals surface area (Å²) < 4.78 is 0. The summed E-state index contributed by atoms with van der Waals surface area (Å²) in [6.07, 6.45) is -4.33. The lowest BCUT2D eigenvalue weighted by molar-refractivity contribution is -0.155. The van der Waals surface area contributed by atoms with E-state index in [-0.39, 0.29) is 17.7 Å². The number of nitrogens with zero attached hydrogens (tertiary/aromatic N) is 1. The number of aliphatic carboxylic acids is 1. The number of carbonyl (C=O) groups excluding carboxylic acids is 2. The zero-order chi connectivity index (χ0) is 16.0. The molecule has 1 aromatic carbocycles. The molecule has 22 heavy (non-hydrogen) atoms. The predicted octanol–water partition coefficient (Wildman–Crippen LogP) is -1.37. The number of aliphatic hydroxyl groups excluding tert-OH is 2. The van der Waals surface area contributed by atoms with Crippen molar-refractivity contribution in [3.63, 3.8) is 0 Å². The van der Waals surface area contributed by atoms with Crippen LogP contribution in [0.25, 0.3) is 0 Å². The maximum absolute atomic E-state index is 12.3. The summed E-state index contributed by atoms with van der Waals surface area (Å²) in [6, 6.07) is 6.24. The number of amides is 2. The third-order valence-corrected chi connectivity index (χ3v) is 4.05. The minimum Gasteiger partial charge on any atom is -0.481 e. The van der Waals surface area contributed by atoms with E-state index in [0.717, 1.165) is 4.90 Å². The lowest BCUT2D eigenvalue weighted by atomic mass is 9.91. The van der Waals surface area contributed by atoms with Crippen molar-refractivity contribution in [1.82, 2.24) is 10.2 Å². The lowest BCUT2D eigenvalue weighted by Crippen LogP contribution is -2.66. The van der Waals surface area contributed by atoms with Gasteiger partial charge in [0, 0.05) is 6.54 Å². The van der Waals surface area contributed by atoms with Gasteiger partial charge < -0.3 is 15.3 Å². The molecule has 1 aromatic rings. The van der Waals surface area contributed by atoms with Crippen LogP contribution in [0.15, 0.2) is 24.3 Å². The highest BCUT2D eigenvalue weighted by molar-refractivity contribution is 6.21. The van der Waals surface area contributed by atoms with Crippen LogP contribution in [0.4, 0.5) is 0 Å². The molecule has 2 aliphatic heterocycles. The van der Waals surface area contributed by atoms with Crippen molar-refractivity contribution in [2.45, 2.75) is 18.4 Å². The van der Waals surface area contributed by atoms with E-state index in [1.807, 2.05) is 0 Å². The van der Waals surface area contributed by atoms with Gasteiger partial charge in [-0.1, -0.05) is 12.1 Å². The number of carboxylic acids is 1. The number of fused-ring (bicyclic) bond motifs is 1. The number of hydrogen-bond donors (Lipinski definition) is 4. The Morgan fingerprint density at radius 3 is 2.14 bits per heavy atom. The first-order chi connectivity index (χ1) is 10.4. The quantitative estimate of drug-likeness (QED) is 0.497. The van der Waals surface area contributed by atoms with E-state index in [1.54, 1.807) is 12.1 Å². The van der Waals surface area contributed by atoms with Gasteiger partial charge in [0.15, 0.2) is 0 Å². The van der Waals surface area contributed by atoms with Gasteiger partial charge in [0.25, 0.3) is 11.8 Å². The molecule has 0 saturated carbocycles. The Morgan fingerprint density at radius 1 is 1.09 bits per heavy atom. The van der Waals surface area contributed by atoms with Crippen molar-refractivity contribution < 1.29 is 29.7 Å². The largest absolute Gasteiger partial charge is 0.481 e. The maximum Gasteiger partial charge on any atom is 0.310 e. The molecule has 0 radical (unpaired) electrons. The number of hydrogen-bond acceptors (Lipinski definition) is 6. The van der Waals surface area contributed by atoms with Gasteiger partial charge in [-0.25, -0.2) is 0 Å². The molecule has 8 heteroatoms. The molecule has 2 heterocycles. The highest BCUT2D eigenvalue weighted by Gasteiger charge is 2.49. The number of rotatable bonds is 2. The van der Waals surface area contributed by atoms with Crippen LogP contribution < -0.4 is 5.32 Å². The molecular formula is C14H14N2O6. The molecule has 4 atom stereocenters. The lowest BCUT2D eigenvalue weighted by Gasteiger charge is -2.40. The van der Waals surface area contributed by atoms with E-state index < -0.39 is 42.1 Å². The maximum atomic E-state index is 12.3. The Hall–Kier alpha value is -2.29. The second kappa shape index (κ2) is 5.16. The Bertz CT molecular complexity index is 625. The third-order valence-electron chi connectivity index (χ3n) is 4.05. The minimum atomic E-state index is -1.59. The SMILES string of the molecule is O=C(O)[C@H]1CN[C@H](N2C(=O)c3ccccc3C2=O)[C@@H](O)[C@H]1O. The van der Waals surface area contributed by atoms with Gasteiger partial charge in [-0.2, -0.15) is 0 Å². The first kappa shape index (κ1) is 14.6. The van der Waals surface area contributed by atoms with Crippen molar-refractivity contribution in [1.29, 1.82) is 0 Å². The van der Waals surface area contributed by atoms with Crippen LogP contribution in [0, 0.1) is 5.92 Å². The number of nitrogens with one attached hydrogen (secondary N) is 1. The number of imide groups is 1. The van der Waals surface area contributed by atoms with Gasteiger partial charge in [0.05, 0.1) is 23.1 Å². The van der Waals surface area contributed by atoms with E-state index in [1.165, 1.54) is 12.1 Å². The fourth-order valence-corrected chi connectivity index (χ4v) is 2.85. The van der Waals surface area contributed by atoms with Gasteiger partial charge in [-0.15, -0.1) is 0 Å². The van der Waals surface area contributed by atoms with E-state index in [0.29, 0.717) is 0 Å². The fraction of sp³-hybridized carbons (Fsp3) is 0.357. The molecule has 0 bridgehead atoms. The Labute approximate surface area is 125 Å². The van der Waals surface area contributed by atoms with Crippen molar-refractivity contribution in [3.05, 3.63) is 35.4 Å². The Balaban J connectivity index is 1.89. The smallest absolute Gasteiger partial charge is 0.310 e. The number of carbonyl (C=O) groups is 3. The van der Waals surface area contributed by atoms with Gasteiger partial charge in [0.1, 0.15) is 12.3 Å². The molecule has 2 amide bonds. The average Bonchev–Trinajstić information content (AvgIpc) is 2.74. The number of carboxylic acid groups (broad SMARTS) is 1. The average molecular weight is 306 g/mol. The molecule has 0 unspecified atom stereocenters. The van der Waals surface area contributed by atoms with E-state index >= 15 is 0 Å². The van der Waals surface area contributed by atoms with E-state index in [2.05, 4.69) is 5.32 Å². The molecule has 4 N–H and O–H groups in total. The van der Waals surface area contributed by atoms with Gasteiger partial charge in [-0.3, -0.25) is 24.6 Å². The van der Waals surface area contributed by atoms with Crippen molar-refractivity contribution in [2.75, 3.05) is 6.54 Å². The molecule has 0 spiro atoms. The zero-order valence-electron chi connectivity index (χ0n) is 11.3. The molecule has 2 aliphatic rings. The highest BCUT2D eigenvalue weighted by atomic mass is 16.4. The number of aliphatic hydroxyl groups is 2.